The number of rotatable bonds is 0. The average Bonchev–Trinajstić information content (AvgIpc) is 2.41. The van der Waals surface area contributed by atoms with E-state index in [1.54, 1.807) is 0 Å². The van der Waals surface area contributed by atoms with Gasteiger partial charge in [0.25, 0.3) is 0 Å². The maximum Gasteiger partial charge on any atom is 0.196 e. The summed E-state index contributed by atoms with van der Waals surface area (Å²) in [4.78, 5) is 9.04. The molecule has 0 aromatic rings. The van der Waals surface area contributed by atoms with Gasteiger partial charge in [0.05, 0.1) is 12.1 Å². The molecule has 3 nitrogen and oxygen atoms in total. The molecule has 0 unspecified atom stereocenters. The van der Waals surface area contributed by atoms with Crippen LogP contribution in [0.5, 0.6) is 0 Å². The highest BCUT2D eigenvalue weighted by Crippen LogP contribution is 2.31. The predicted octanol–water partition coefficient (Wildman–Crippen LogP) is 1.16. The number of hydrogen-bond donors (Lipinski definition) is 0. The van der Waals surface area contributed by atoms with Crippen LogP contribution < -0.4 is 0 Å². The average molecular weight is 181 g/mol. The monoisotopic (exact) mass is 181 g/mol. The lowest BCUT2D eigenvalue weighted by Gasteiger charge is -2.29. The Balaban J connectivity index is 2.22. The molecule has 74 valence electrons. The molecule has 0 bridgehead atoms. The molecule has 0 amide bonds. The van der Waals surface area contributed by atoms with Gasteiger partial charge in [-0.3, -0.25) is 4.99 Å². The van der Waals surface area contributed by atoms with Crippen LogP contribution in [0.1, 0.15) is 25.7 Å². The van der Waals surface area contributed by atoms with Crippen molar-refractivity contribution in [1.82, 2.24) is 9.80 Å². The van der Waals surface area contributed by atoms with Gasteiger partial charge in [0.15, 0.2) is 5.96 Å². The molecule has 0 N–H and O–H groups in total. The Labute approximate surface area is 80.4 Å². The molecular formula is C10H19N3. The van der Waals surface area contributed by atoms with E-state index in [2.05, 4.69) is 28.9 Å². The maximum absolute atomic E-state index is 4.34. The third kappa shape index (κ3) is 1.21. The first kappa shape index (κ1) is 8.85. The van der Waals surface area contributed by atoms with E-state index in [0.717, 1.165) is 18.0 Å². The van der Waals surface area contributed by atoms with Gasteiger partial charge in [0, 0.05) is 21.1 Å². The topological polar surface area (TPSA) is 18.8 Å². The summed E-state index contributed by atoms with van der Waals surface area (Å²) in [6, 6.07) is 1.44. The van der Waals surface area contributed by atoms with E-state index in [1.807, 2.05) is 7.05 Å². The SMILES string of the molecule is CN=C1N(C)[C@@H]2CCCC[C@H]2N1C. The smallest absolute Gasteiger partial charge is 0.196 e. The van der Waals surface area contributed by atoms with Crippen molar-refractivity contribution >= 4 is 5.96 Å². The summed E-state index contributed by atoms with van der Waals surface area (Å²) in [6.45, 7) is 0. The van der Waals surface area contributed by atoms with Crippen LogP contribution in [0.15, 0.2) is 4.99 Å². The minimum absolute atomic E-state index is 0.720. The molecule has 2 fully saturated rings. The number of likely N-dealkylation sites (N-methyl/N-ethyl adjacent to an activating group) is 2. The first-order valence-electron chi connectivity index (χ1n) is 5.18. The largest absolute Gasteiger partial charge is 0.341 e. The molecule has 1 aliphatic carbocycles. The summed E-state index contributed by atoms with van der Waals surface area (Å²) >= 11 is 0. The van der Waals surface area contributed by atoms with Gasteiger partial charge < -0.3 is 9.80 Å². The normalized spacial score (nSPS) is 33.6. The number of nitrogens with zero attached hydrogens (tertiary/aromatic N) is 3. The molecule has 13 heavy (non-hydrogen) atoms. The van der Waals surface area contributed by atoms with Crippen LogP contribution in [0.25, 0.3) is 0 Å². The predicted molar refractivity (Wildman–Crippen MR) is 54.9 cm³/mol. The first-order chi connectivity index (χ1) is 6.25. The van der Waals surface area contributed by atoms with Gasteiger partial charge in [-0.15, -0.1) is 0 Å². The number of hydrogen-bond acceptors (Lipinski definition) is 1. The molecule has 2 atom stereocenters. The van der Waals surface area contributed by atoms with Crippen molar-refractivity contribution in [3.63, 3.8) is 0 Å². The number of aliphatic imine (C=N–C) groups is 1. The van der Waals surface area contributed by atoms with Crippen LogP contribution in [0.4, 0.5) is 0 Å². The fourth-order valence-corrected chi connectivity index (χ4v) is 2.86. The number of guanidine groups is 1. The molecule has 0 aromatic carbocycles. The van der Waals surface area contributed by atoms with Crippen molar-refractivity contribution in [3.8, 4) is 0 Å². The number of fused-ring (bicyclic) bond motifs is 1. The summed E-state index contributed by atoms with van der Waals surface area (Å²) in [5.41, 5.74) is 0. The van der Waals surface area contributed by atoms with Gasteiger partial charge >= 0.3 is 0 Å². The Bertz CT molecular complexity index is 204. The molecule has 3 heteroatoms. The van der Waals surface area contributed by atoms with E-state index in [0.29, 0.717) is 0 Å². The molecule has 0 aromatic heterocycles. The lowest BCUT2D eigenvalue weighted by atomic mass is 9.91. The summed E-state index contributed by atoms with van der Waals surface area (Å²) in [6.07, 6.45) is 5.45. The van der Waals surface area contributed by atoms with Gasteiger partial charge in [0.2, 0.25) is 0 Å². The van der Waals surface area contributed by atoms with Crippen LogP contribution in [0, 0.1) is 0 Å². The molecule has 1 saturated carbocycles. The second kappa shape index (κ2) is 3.20. The lowest BCUT2D eigenvalue weighted by Crippen LogP contribution is -2.37. The van der Waals surface area contributed by atoms with Crippen molar-refractivity contribution in [1.29, 1.82) is 0 Å². The fraction of sp³-hybridized carbons (Fsp3) is 0.900. The summed E-state index contributed by atoms with van der Waals surface area (Å²) in [7, 11) is 6.24. The Hall–Kier alpha value is -0.730. The second-order valence-corrected chi connectivity index (χ2v) is 4.16. The zero-order valence-corrected chi connectivity index (χ0v) is 8.82. The van der Waals surface area contributed by atoms with Gasteiger partial charge in [0.1, 0.15) is 0 Å². The summed E-state index contributed by atoms with van der Waals surface area (Å²) in [5, 5.41) is 0. The Morgan fingerprint density at radius 2 is 1.54 bits per heavy atom. The third-order valence-electron chi connectivity index (χ3n) is 3.52. The van der Waals surface area contributed by atoms with Crippen LogP contribution in [-0.4, -0.2) is 49.0 Å². The van der Waals surface area contributed by atoms with E-state index < -0.39 is 0 Å². The second-order valence-electron chi connectivity index (χ2n) is 4.16. The minimum atomic E-state index is 0.720. The van der Waals surface area contributed by atoms with Gasteiger partial charge in [-0.05, 0) is 12.8 Å². The van der Waals surface area contributed by atoms with Crippen molar-refractivity contribution in [2.45, 2.75) is 37.8 Å². The van der Waals surface area contributed by atoms with Gasteiger partial charge in [-0.2, -0.15) is 0 Å². The van der Waals surface area contributed by atoms with E-state index in [4.69, 9.17) is 0 Å². The highest BCUT2D eigenvalue weighted by atomic mass is 15.4. The van der Waals surface area contributed by atoms with Crippen LogP contribution in [-0.2, 0) is 0 Å². The third-order valence-corrected chi connectivity index (χ3v) is 3.52. The van der Waals surface area contributed by atoms with E-state index >= 15 is 0 Å². The molecule has 1 heterocycles. The van der Waals surface area contributed by atoms with Crippen LogP contribution in [0.2, 0.25) is 0 Å². The Morgan fingerprint density at radius 3 is 1.92 bits per heavy atom. The zero-order valence-electron chi connectivity index (χ0n) is 8.82. The molecule has 0 radical (unpaired) electrons. The van der Waals surface area contributed by atoms with Crippen molar-refractivity contribution in [2.24, 2.45) is 4.99 Å². The van der Waals surface area contributed by atoms with Gasteiger partial charge in [-0.25, -0.2) is 0 Å². The fourth-order valence-electron chi connectivity index (χ4n) is 2.86. The molecule has 2 aliphatic rings. The highest BCUT2D eigenvalue weighted by Gasteiger charge is 2.40. The first-order valence-corrected chi connectivity index (χ1v) is 5.18. The molecular weight excluding hydrogens is 162 g/mol. The van der Waals surface area contributed by atoms with Crippen molar-refractivity contribution in [2.75, 3.05) is 21.1 Å². The summed E-state index contributed by atoms with van der Waals surface area (Å²) < 4.78 is 0. The molecule has 1 saturated heterocycles. The Morgan fingerprint density at radius 1 is 1.08 bits per heavy atom. The standard InChI is InChI=1S/C10H19N3/c1-11-10-12(2)8-6-4-5-7-9(8)13(10)3/h8-9H,4-7H2,1-3H3/t8-,9-/m1/s1. The molecule has 2 rings (SSSR count). The minimum Gasteiger partial charge on any atom is -0.341 e. The summed E-state index contributed by atoms with van der Waals surface area (Å²) in [5.74, 6) is 1.16. The zero-order chi connectivity index (χ0) is 9.42. The van der Waals surface area contributed by atoms with E-state index in [9.17, 15) is 0 Å². The van der Waals surface area contributed by atoms with Crippen LogP contribution in [0.3, 0.4) is 0 Å². The molecule has 0 spiro atoms. The van der Waals surface area contributed by atoms with Crippen LogP contribution >= 0.6 is 0 Å². The van der Waals surface area contributed by atoms with Crippen molar-refractivity contribution < 1.29 is 0 Å². The lowest BCUT2D eigenvalue weighted by molar-refractivity contribution is 0.233. The maximum atomic E-state index is 4.34. The van der Waals surface area contributed by atoms with Gasteiger partial charge in [-0.1, -0.05) is 12.8 Å². The van der Waals surface area contributed by atoms with Crippen molar-refractivity contribution in [3.05, 3.63) is 0 Å². The van der Waals surface area contributed by atoms with E-state index in [1.165, 1.54) is 25.7 Å². The molecule has 1 aliphatic heterocycles. The van der Waals surface area contributed by atoms with E-state index in [-0.39, 0.29) is 0 Å². The quantitative estimate of drug-likeness (QED) is 0.558. The Kier molecular flexibility index (Phi) is 2.18. The highest BCUT2D eigenvalue weighted by molar-refractivity contribution is 5.82.